The Morgan fingerprint density at radius 2 is 1.66 bits per heavy atom. The first-order chi connectivity index (χ1) is 15.4. The second-order valence-corrected chi connectivity index (χ2v) is 8.62. The van der Waals surface area contributed by atoms with E-state index in [1.807, 2.05) is 36.4 Å². The third kappa shape index (κ3) is 4.61. The number of carboxylic acid groups (broad SMARTS) is 1. The predicted molar refractivity (Wildman–Crippen MR) is 119 cm³/mol. The lowest BCUT2D eigenvalue weighted by atomic mass is 9.81. The van der Waals surface area contributed by atoms with Crippen LogP contribution in [0.15, 0.2) is 48.5 Å². The van der Waals surface area contributed by atoms with Crippen molar-refractivity contribution in [3.05, 3.63) is 59.7 Å². The zero-order valence-electron chi connectivity index (χ0n) is 18.0. The summed E-state index contributed by atoms with van der Waals surface area (Å²) in [6.07, 6.45) is 1.00. The van der Waals surface area contributed by atoms with Gasteiger partial charge in [0, 0.05) is 18.4 Å². The Bertz CT molecular complexity index is 975. The van der Waals surface area contributed by atoms with E-state index >= 15 is 0 Å². The van der Waals surface area contributed by atoms with Crippen LogP contribution in [-0.4, -0.2) is 41.8 Å². The number of hydrogen-bond donors (Lipinski definition) is 3. The van der Waals surface area contributed by atoms with Gasteiger partial charge in [-0.3, -0.25) is 9.59 Å². The number of nitrogens with one attached hydrogen (secondary N) is 2. The van der Waals surface area contributed by atoms with Crippen LogP contribution in [0.3, 0.4) is 0 Å². The zero-order chi connectivity index (χ0) is 22.7. The van der Waals surface area contributed by atoms with Crippen LogP contribution in [-0.2, 0) is 14.3 Å². The molecule has 0 saturated heterocycles. The van der Waals surface area contributed by atoms with Crippen LogP contribution < -0.4 is 10.6 Å². The number of fused-ring (bicyclic) bond motifs is 3. The molecule has 2 aliphatic carbocycles. The van der Waals surface area contributed by atoms with Gasteiger partial charge in [0.2, 0.25) is 5.91 Å². The van der Waals surface area contributed by atoms with Gasteiger partial charge in [-0.25, -0.2) is 4.79 Å². The lowest BCUT2D eigenvalue weighted by Gasteiger charge is -2.35. The average Bonchev–Trinajstić information content (AvgIpc) is 3.11. The Hall–Kier alpha value is -3.35. The van der Waals surface area contributed by atoms with Crippen molar-refractivity contribution in [2.75, 3.05) is 6.61 Å². The molecule has 1 saturated carbocycles. The number of alkyl carbamates (subject to hydrolysis) is 1. The standard InChI is InChI=1S/C25H28N2O5/c1-15-10-11-21(15)26-24(30)22(12-13-23(28)29)27-25(31)32-14-20-18-8-4-2-6-16(18)17-7-3-5-9-19(17)20/h2-9,15,20-22H,10-14H2,1H3,(H,26,30)(H,27,31)(H,28,29). The summed E-state index contributed by atoms with van der Waals surface area (Å²) in [4.78, 5) is 36.2. The molecule has 3 atom stereocenters. The van der Waals surface area contributed by atoms with Gasteiger partial charge >= 0.3 is 12.1 Å². The maximum absolute atomic E-state index is 12.7. The molecule has 3 N–H and O–H groups in total. The Morgan fingerprint density at radius 3 is 2.19 bits per heavy atom. The topological polar surface area (TPSA) is 105 Å². The number of ether oxygens (including phenoxy) is 1. The van der Waals surface area contributed by atoms with E-state index in [9.17, 15) is 14.4 Å². The van der Waals surface area contributed by atoms with Gasteiger partial charge in [0.1, 0.15) is 12.6 Å². The molecule has 2 amide bonds. The van der Waals surface area contributed by atoms with Crippen molar-refractivity contribution < 1.29 is 24.2 Å². The quantitative estimate of drug-likeness (QED) is 0.586. The van der Waals surface area contributed by atoms with Gasteiger partial charge in [-0.15, -0.1) is 0 Å². The second-order valence-electron chi connectivity index (χ2n) is 8.62. The Labute approximate surface area is 187 Å². The fourth-order valence-electron chi connectivity index (χ4n) is 4.48. The van der Waals surface area contributed by atoms with E-state index in [0.717, 1.165) is 35.1 Å². The van der Waals surface area contributed by atoms with Gasteiger partial charge in [0.15, 0.2) is 0 Å². The number of rotatable bonds is 8. The molecule has 2 aliphatic rings. The first-order valence-corrected chi connectivity index (χ1v) is 11.1. The zero-order valence-corrected chi connectivity index (χ0v) is 18.0. The number of benzene rings is 2. The molecule has 7 nitrogen and oxygen atoms in total. The number of carbonyl (C=O) groups is 3. The highest BCUT2D eigenvalue weighted by molar-refractivity contribution is 5.86. The molecular formula is C25H28N2O5. The lowest BCUT2D eigenvalue weighted by molar-refractivity contribution is -0.137. The fraction of sp³-hybridized carbons (Fsp3) is 0.400. The van der Waals surface area contributed by atoms with Crippen molar-refractivity contribution in [3.63, 3.8) is 0 Å². The largest absolute Gasteiger partial charge is 0.481 e. The Morgan fingerprint density at radius 1 is 1.03 bits per heavy atom. The summed E-state index contributed by atoms with van der Waals surface area (Å²) in [5, 5.41) is 14.5. The first kappa shape index (κ1) is 21.9. The normalized spacial score (nSPS) is 19.8. The summed E-state index contributed by atoms with van der Waals surface area (Å²) in [6, 6.07) is 15.2. The molecule has 0 aliphatic heterocycles. The Kier molecular flexibility index (Phi) is 6.44. The van der Waals surface area contributed by atoms with E-state index in [-0.39, 0.29) is 37.3 Å². The minimum atomic E-state index is -1.02. The molecule has 2 aromatic carbocycles. The fourth-order valence-corrected chi connectivity index (χ4v) is 4.48. The maximum atomic E-state index is 12.7. The number of amides is 2. The summed E-state index contributed by atoms with van der Waals surface area (Å²) in [6.45, 7) is 2.19. The Balaban J connectivity index is 1.40. The minimum absolute atomic E-state index is 0.00641. The van der Waals surface area contributed by atoms with Crippen LogP contribution in [0.1, 0.15) is 49.7 Å². The van der Waals surface area contributed by atoms with E-state index in [1.165, 1.54) is 0 Å². The monoisotopic (exact) mass is 436 g/mol. The third-order valence-corrected chi connectivity index (χ3v) is 6.55. The van der Waals surface area contributed by atoms with Crippen LogP contribution in [0.2, 0.25) is 0 Å². The van der Waals surface area contributed by atoms with Crippen molar-refractivity contribution in [2.24, 2.45) is 5.92 Å². The molecule has 0 aromatic heterocycles. The third-order valence-electron chi connectivity index (χ3n) is 6.55. The van der Waals surface area contributed by atoms with Crippen molar-refractivity contribution >= 4 is 18.0 Å². The lowest BCUT2D eigenvalue weighted by Crippen LogP contribution is -2.53. The van der Waals surface area contributed by atoms with Gasteiger partial charge in [0.05, 0.1) is 0 Å². The van der Waals surface area contributed by atoms with Gasteiger partial charge in [-0.2, -0.15) is 0 Å². The van der Waals surface area contributed by atoms with Crippen LogP contribution in [0, 0.1) is 5.92 Å². The molecule has 4 rings (SSSR count). The van der Waals surface area contributed by atoms with E-state index in [1.54, 1.807) is 0 Å². The highest BCUT2D eigenvalue weighted by Gasteiger charge is 2.32. The highest BCUT2D eigenvalue weighted by Crippen LogP contribution is 2.44. The second kappa shape index (κ2) is 9.42. The van der Waals surface area contributed by atoms with Gasteiger partial charge in [0.25, 0.3) is 0 Å². The first-order valence-electron chi connectivity index (χ1n) is 11.1. The molecule has 0 radical (unpaired) electrons. The maximum Gasteiger partial charge on any atom is 0.407 e. The minimum Gasteiger partial charge on any atom is -0.481 e. The van der Waals surface area contributed by atoms with Crippen molar-refractivity contribution in [3.8, 4) is 11.1 Å². The molecule has 0 bridgehead atoms. The molecular weight excluding hydrogens is 408 g/mol. The molecule has 1 fully saturated rings. The molecule has 3 unspecified atom stereocenters. The smallest absolute Gasteiger partial charge is 0.407 e. The number of hydrogen-bond acceptors (Lipinski definition) is 4. The predicted octanol–water partition coefficient (Wildman–Crippen LogP) is 3.67. The van der Waals surface area contributed by atoms with E-state index in [4.69, 9.17) is 9.84 Å². The average molecular weight is 437 g/mol. The molecule has 0 spiro atoms. The summed E-state index contributed by atoms with van der Waals surface area (Å²) in [5.74, 6) is -1.09. The number of aliphatic carboxylic acids is 1. The van der Waals surface area contributed by atoms with Crippen LogP contribution >= 0.6 is 0 Å². The summed E-state index contributed by atoms with van der Waals surface area (Å²) in [7, 11) is 0. The van der Waals surface area contributed by atoms with Crippen LogP contribution in [0.4, 0.5) is 4.79 Å². The van der Waals surface area contributed by atoms with E-state index in [2.05, 4.69) is 29.7 Å². The van der Waals surface area contributed by atoms with Crippen molar-refractivity contribution in [2.45, 2.75) is 50.6 Å². The van der Waals surface area contributed by atoms with E-state index in [0.29, 0.717) is 5.92 Å². The molecule has 0 heterocycles. The van der Waals surface area contributed by atoms with Gasteiger partial charge in [-0.1, -0.05) is 55.5 Å². The van der Waals surface area contributed by atoms with Crippen LogP contribution in [0.5, 0.6) is 0 Å². The van der Waals surface area contributed by atoms with Crippen molar-refractivity contribution in [1.29, 1.82) is 0 Å². The summed E-state index contributed by atoms with van der Waals surface area (Å²) in [5.41, 5.74) is 4.46. The van der Waals surface area contributed by atoms with Crippen molar-refractivity contribution in [1.82, 2.24) is 10.6 Å². The molecule has 2 aromatic rings. The SMILES string of the molecule is CC1CCC1NC(=O)C(CCC(=O)O)NC(=O)OCC1c2ccccc2-c2ccccc21. The number of carboxylic acids is 1. The van der Waals surface area contributed by atoms with Gasteiger partial charge < -0.3 is 20.5 Å². The summed E-state index contributed by atoms with van der Waals surface area (Å²) >= 11 is 0. The summed E-state index contributed by atoms with van der Waals surface area (Å²) < 4.78 is 5.52. The van der Waals surface area contributed by atoms with Gasteiger partial charge in [-0.05, 0) is 47.4 Å². The number of carbonyl (C=O) groups excluding carboxylic acids is 2. The molecule has 7 heteroatoms. The highest BCUT2D eigenvalue weighted by atomic mass is 16.5. The molecule has 168 valence electrons. The molecule has 32 heavy (non-hydrogen) atoms. The van der Waals surface area contributed by atoms with Crippen LogP contribution in [0.25, 0.3) is 11.1 Å². The van der Waals surface area contributed by atoms with E-state index < -0.39 is 18.1 Å².